The Balaban J connectivity index is 1.91. The molecule has 0 spiro atoms. The molecule has 2 rings (SSSR count). The molecule has 0 aromatic carbocycles. The number of hydrogen-bond acceptors (Lipinski definition) is 2. The molecule has 1 aromatic heterocycles. The molecule has 1 aliphatic rings. The second kappa shape index (κ2) is 5.66. The van der Waals surface area contributed by atoms with E-state index in [2.05, 4.69) is 22.2 Å². The molecule has 1 saturated carbocycles. The summed E-state index contributed by atoms with van der Waals surface area (Å²) < 4.78 is 0. The molecule has 1 atom stereocenters. The van der Waals surface area contributed by atoms with E-state index >= 15 is 0 Å². The molecule has 0 aliphatic heterocycles. The van der Waals surface area contributed by atoms with E-state index in [-0.39, 0.29) is 6.04 Å². The molecule has 4 heteroatoms. The third-order valence-electron chi connectivity index (χ3n) is 3.20. The SMILES string of the molecule is CC(NC(N)=NC1CCCC1)c1cccnc1. The average molecular weight is 232 g/mol. The van der Waals surface area contributed by atoms with Crippen molar-refractivity contribution in [2.75, 3.05) is 0 Å². The van der Waals surface area contributed by atoms with Gasteiger partial charge in [0.05, 0.1) is 12.1 Å². The van der Waals surface area contributed by atoms with Crippen LogP contribution in [0.4, 0.5) is 0 Å². The lowest BCUT2D eigenvalue weighted by molar-refractivity contribution is 0.668. The van der Waals surface area contributed by atoms with Gasteiger partial charge in [0.2, 0.25) is 0 Å². The molecular formula is C13H20N4. The number of pyridine rings is 1. The minimum Gasteiger partial charge on any atom is -0.370 e. The third-order valence-corrected chi connectivity index (χ3v) is 3.20. The van der Waals surface area contributed by atoms with Gasteiger partial charge in [-0.1, -0.05) is 18.9 Å². The maximum absolute atomic E-state index is 5.91. The maximum Gasteiger partial charge on any atom is 0.189 e. The van der Waals surface area contributed by atoms with Gasteiger partial charge in [-0.25, -0.2) is 0 Å². The maximum atomic E-state index is 5.91. The van der Waals surface area contributed by atoms with Crippen LogP contribution in [0, 0.1) is 0 Å². The summed E-state index contributed by atoms with van der Waals surface area (Å²) in [6, 6.07) is 4.53. The van der Waals surface area contributed by atoms with E-state index in [1.165, 1.54) is 25.7 Å². The van der Waals surface area contributed by atoms with Crippen molar-refractivity contribution in [2.24, 2.45) is 10.7 Å². The molecule has 1 unspecified atom stereocenters. The van der Waals surface area contributed by atoms with Gasteiger partial charge < -0.3 is 11.1 Å². The van der Waals surface area contributed by atoms with Crippen LogP contribution < -0.4 is 11.1 Å². The lowest BCUT2D eigenvalue weighted by Crippen LogP contribution is -2.34. The Hall–Kier alpha value is -1.58. The first kappa shape index (κ1) is 11.9. The average Bonchev–Trinajstić information content (AvgIpc) is 2.82. The zero-order chi connectivity index (χ0) is 12.1. The number of aromatic nitrogens is 1. The van der Waals surface area contributed by atoms with E-state index in [1.807, 2.05) is 18.3 Å². The van der Waals surface area contributed by atoms with Crippen LogP contribution in [-0.4, -0.2) is 17.0 Å². The van der Waals surface area contributed by atoms with Crippen LogP contribution in [0.5, 0.6) is 0 Å². The molecule has 0 bridgehead atoms. The molecule has 1 aromatic rings. The van der Waals surface area contributed by atoms with Crippen LogP contribution in [0.1, 0.15) is 44.2 Å². The number of aliphatic imine (C=N–C) groups is 1. The number of nitrogens with one attached hydrogen (secondary N) is 1. The summed E-state index contributed by atoms with van der Waals surface area (Å²) in [5, 5.41) is 3.21. The van der Waals surface area contributed by atoms with Gasteiger partial charge >= 0.3 is 0 Å². The molecule has 92 valence electrons. The van der Waals surface area contributed by atoms with Crippen molar-refractivity contribution in [3.05, 3.63) is 30.1 Å². The fraction of sp³-hybridized carbons (Fsp3) is 0.538. The minimum atomic E-state index is 0.147. The second-order valence-electron chi connectivity index (χ2n) is 4.61. The fourth-order valence-electron chi connectivity index (χ4n) is 2.20. The van der Waals surface area contributed by atoms with Gasteiger partial charge in [0.15, 0.2) is 5.96 Å². The van der Waals surface area contributed by atoms with Crippen molar-refractivity contribution in [1.29, 1.82) is 0 Å². The minimum absolute atomic E-state index is 0.147. The second-order valence-corrected chi connectivity index (χ2v) is 4.61. The topological polar surface area (TPSA) is 63.3 Å². The Morgan fingerprint density at radius 2 is 2.29 bits per heavy atom. The van der Waals surface area contributed by atoms with Gasteiger partial charge in [-0.15, -0.1) is 0 Å². The number of guanidine groups is 1. The smallest absolute Gasteiger partial charge is 0.189 e. The highest BCUT2D eigenvalue weighted by molar-refractivity contribution is 5.78. The van der Waals surface area contributed by atoms with Crippen LogP contribution in [-0.2, 0) is 0 Å². The third kappa shape index (κ3) is 3.44. The summed E-state index contributed by atoms with van der Waals surface area (Å²) in [5.74, 6) is 0.549. The van der Waals surface area contributed by atoms with Gasteiger partial charge in [0.25, 0.3) is 0 Å². The molecule has 4 nitrogen and oxygen atoms in total. The highest BCUT2D eigenvalue weighted by Crippen LogP contribution is 2.20. The largest absolute Gasteiger partial charge is 0.370 e. The summed E-state index contributed by atoms with van der Waals surface area (Å²) in [5.41, 5.74) is 7.03. The number of nitrogens with two attached hydrogens (primary N) is 1. The lowest BCUT2D eigenvalue weighted by atomic mass is 10.1. The van der Waals surface area contributed by atoms with Gasteiger partial charge in [0.1, 0.15) is 0 Å². The van der Waals surface area contributed by atoms with Crippen molar-refractivity contribution in [1.82, 2.24) is 10.3 Å². The van der Waals surface area contributed by atoms with E-state index in [4.69, 9.17) is 5.73 Å². The molecule has 0 saturated heterocycles. The van der Waals surface area contributed by atoms with Crippen molar-refractivity contribution >= 4 is 5.96 Å². The summed E-state index contributed by atoms with van der Waals surface area (Å²) in [7, 11) is 0. The van der Waals surface area contributed by atoms with Gasteiger partial charge in [-0.05, 0) is 31.4 Å². The number of nitrogens with zero attached hydrogens (tertiary/aromatic N) is 2. The Bertz CT molecular complexity index is 368. The molecule has 3 N–H and O–H groups in total. The summed E-state index contributed by atoms with van der Waals surface area (Å²) in [4.78, 5) is 8.60. The first-order valence-corrected chi connectivity index (χ1v) is 6.25. The predicted molar refractivity (Wildman–Crippen MR) is 69.7 cm³/mol. The first-order chi connectivity index (χ1) is 8.25. The Morgan fingerprint density at radius 1 is 1.53 bits per heavy atom. The van der Waals surface area contributed by atoms with Crippen molar-refractivity contribution in [3.8, 4) is 0 Å². The van der Waals surface area contributed by atoms with Crippen LogP contribution in [0.15, 0.2) is 29.5 Å². The van der Waals surface area contributed by atoms with E-state index < -0.39 is 0 Å². The van der Waals surface area contributed by atoms with Gasteiger partial charge in [0, 0.05) is 12.4 Å². The summed E-state index contributed by atoms with van der Waals surface area (Å²) >= 11 is 0. The summed E-state index contributed by atoms with van der Waals surface area (Å²) in [6.45, 7) is 2.06. The van der Waals surface area contributed by atoms with Crippen LogP contribution >= 0.6 is 0 Å². The van der Waals surface area contributed by atoms with Crippen molar-refractivity contribution < 1.29 is 0 Å². The fourth-order valence-corrected chi connectivity index (χ4v) is 2.20. The first-order valence-electron chi connectivity index (χ1n) is 6.25. The Kier molecular flexibility index (Phi) is 3.96. The molecule has 0 amide bonds. The molecule has 1 aliphatic carbocycles. The number of hydrogen-bond donors (Lipinski definition) is 2. The zero-order valence-electron chi connectivity index (χ0n) is 10.3. The van der Waals surface area contributed by atoms with Crippen molar-refractivity contribution in [2.45, 2.75) is 44.7 Å². The Labute approximate surface area is 102 Å². The van der Waals surface area contributed by atoms with E-state index in [0.717, 1.165) is 5.56 Å². The van der Waals surface area contributed by atoms with Crippen LogP contribution in [0.25, 0.3) is 0 Å². The highest BCUT2D eigenvalue weighted by Gasteiger charge is 2.14. The standard InChI is InChI=1S/C13H20N4/c1-10(11-5-4-8-15-9-11)16-13(14)17-12-6-2-3-7-12/h4-5,8-10,12H,2-3,6-7H2,1H3,(H3,14,16,17). The van der Waals surface area contributed by atoms with Gasteiger partial charge in [-0.3, -0.25) is 9.98 Å². The molecule has 1 heterocycles. The number of rotatable bonds is 3. The summed E-state index contributed by atoms with van der Waals surface area (Å²) in [6.07, 6.45) is 8.51. The predicted octanol–water partition coefficient (Wildman–Crippen LogP) is 1.99. The zero-order valence-corrected chi connectivity index (χ0v) is 10.3. The van der Waals surface area contributed by atoms with E-state index in [9.17, 15) is 0 Å². The molecule has 1 fully saturated rings. The monoisotopic (exact) mass is 232 g/mol. The van der Waals surface area contributed by atoms with E-state index in [0.29, 0.717) is 12.0 Å². The van der Waals surface area contributed by atoms with Crippen LogP contribution in [0.3, 0.4) is 0 Å². The van der Waals surface area contributed by atoms with Gasteiger partial charge in [-0.2, -0.15) is 0 Å². The molecule has 17 heavy (non-hydrogen) atoms. The molecular weight excluding hydrogens is 212 g/mol. The Morgan fingerprint density at radius 3 is 2.94 bits per heavy atom. The van der Waals surface area contributed by atoms with E-state index in [1.54, 1.807) is 6.20 Å². The highest BCUT2D eigenvalue weighted by atomic mass is 15.1. The van der Waals surface area contributed by atoms with Crippen LogP contribution in [0.2, 0.25) is 0 Å². The quantitative estimate of drug-likeness (QED) is 0.619. The normalized spacial score (nSPS) is 19.2. The van der Waals surface area contributed by atoms with Crippen molar-refractivity contribution in [3.63, 3.8) is 0 Å². The molecule has 0 radical (unpaired) electrons. The lowest BCUT2D eigenvalue weighted by Gasteiger charge is -2.15.